The maximum Gasteiger partial charge on any atom is 0.296 e. The third-order valence-corrected chi connectivity index (χ3v) is 2.32. The molecule has 4 N–H and O–H groups in total. The molecule has 6 nitrogen and oxygen atoms in total. The van der Waals surface area contributed by atoms with Gasteiger partial charge in [-0.05, 0) is 12.1 Å². The Bertz CT molecular complexity index is 488. The predicted octanol–water partition coefficient (Wildman–Crippen LogP) is 1.27. The number of anilines is 1. The second-order valence-electron chi connectivity index (χ2n) is 2.75. The summed E-state index contributed by atoms with van der Waals surface area (Å²) in [6.07, 6.45) is 0. The first-order chi connectivity index (χ1) is 8.10. The molecule has 17 heavy (non-hydrogen) atoms. The van der Waals surface area contributed by atoms with Gasteiger partial charge in [-0.2, -0.15) is 10.4 Å². The third-order valence-electron chi connectivity index (χ3n) is 1.69. The minimum Gasteiger partial charge on any atom is -0.288 e. The van der Waals surface area contributed by atoms with E-state index < -0.39 is 11.6 Å². The molecule has 0 aromatic heterocycles. The lowest BCUT2D eigenvalue weighted by Gasteiger charge is -2.05. The van der Waals surface area contributed by atoms with Gasteiger partial charge < -0.3 is 0 Å². The number of carbonyl (C=O) groups is 1. The Morgan fingerprint density at radius 1 is 1.41 bits per heavy atom. The number of hydrazone groups is 1. The average molecular weight is 272 g/mol. The van der Waals surface area contributed by atoms with Gasteiger partial charge in [0.25, 0.3) is 5.91 Å². The van der Waals surface area contributed by atoms with E-state index in [1.807, 2.05) is 0 Å². The van der Waals surface area contributed by atoms with Gasteiger partial charge in [0.1, 0.15) is 6.07 Å². The number of nitrogens with one attached hydrogen (secondary N) is 2. The molecule has 0 heterocycles. The number of nitriles is 1. The number of benzene rings is 1. The second-order valence-corrected chi connectivity index (χ2v) is 3.57. The van der Waals surface area contributed by atoms with Gasteiger partial charge in [-0.3, -0.25) is 15.6 Å². The normalized spacial score (nSPS) is 10.6. The molecule has 0 aliphatic rings. The SMILES string of the molecule is N#C/C(=N/Nc1c(Cl)cccc1Cl)C(=O)NN. The zero-order valence-electron chi connectivity index (χ0n) is 8.37. The molecular weight excluding hydrogens is 265 g/mol. The molecule has 1 aromatic carbocycles. The number of para-hydroxylation sites is 1. The van der Waals surface area contributed by atoms with Crippen molar-refractivity contribution in [2.45, 2.75) is 0 Å². The van der Waals surface area contributed by atoms with Crippen LogP contribution in [0.4, 0.5) is 5.69 Å². The van der Waals surface area contributed by atoms with Gasteiger partial charge in [0.05, 0.1) is 15.7 Å². The van der Waals surface area contributed by atoms with Crippen LogP contribution in [0.2, 0.25) is 10.0 Å². The molecule has 0 unspecified atom stereocenters. The van der Waals surface area contributed by atoms with E-state index in [9.17, 15) is 4.79 Å². The molecule has 0 aliphatic carbocycles. The molecule has 0 fully saturated rings. The lowest BCUT2D eigenvalue weighted by molar-refractivity contribution is -0.114. The van der Waals surface area contributed by atoms with Crippen LogP contribution in [0, 0.1) is 11.3 Å². The molecule has 88 valence electrons. The van der Waals surface area contributed by atoms with Gasteiger partial charge in [0, 0.05) is 0 Å². The van der Waals surface area contributed by atoms with Crippen LogP contribution in [0.5, 0.6) is 0 Å². The lowest BCUT2D eigenvalue weighted by Crippen LogP contribution is -2.36. The summed E-state index contributed by atoms with van der Waals surface area (Å²) in [5.74, 6) is 4.05. The highest BCUT2D eigenvalue weighted by atomic mass is 35.5. The molecule has 0 radical (unpaired) electrons. The molecular formula is C9H7Cl2N5O. The number of rotatable bonds is 3. The quantitative estimate of drug-likeness (QED) is 0.333. The van der Waals surface area contributed by atoms with Crippen molar-refractivity contribution in [3.05, 3.63) is 28.2 Å². The van der Waals surface area contributed by atoms with E-state index in [0.29, 0.717) is 15.7 Å². The standard InChI is InChI=1S/C9H7Cl2N5O/c10-5-2-1-3-6(11)8(5)16-15-7(4-12)9(17)14-13/h1-3,16H,13H2,(H,14,17)/b15-7-. The summed E-state index contributed by atoms with van der Waals surface area (Å²) >= 11 is 11.7. The summed E-state index contributed by atoms with van der Waals surface area (Å²) in [7, 11) is 0. The zero-order chi connectivity index (χ0) is 12.8. The van der Waals surface area contributed by atoms with Crippen LogP contribution in [0.3, 0.4) is 0 Å². The molecule has 0 aliphatic heterocycles. The summed E-state index contributed by atoms with van der Waals surface area (Å²) in [4.78, 5) is 11.0. The highest BCUT2D eigenvalue weighted by Crippen LogP contribution is 2.29. The molecule has 0 saturated heterocycles. The van der Waals surface area contributed by atoms with Crippen molar-refractivity contribution in [2.24, 2.45) is 10.9 Å². The number of hydrogen-bond acceptors (Lipinski definition) is 5. The Morgan fingerprint density at radius 3 is 2.47 bits per heavy atom. The lowest BCUT2D eigenvalue weighted by atomic mass is 10.3. The van der Waals surface area contributed by atoms with Crippen molar-refractivity contribution in [3.8, 4) is 6.07 Å². The van der Waals surface area contributed by atoms with E-state index in [4.69, 9.17) is 34.3 Å². The second kappa shape index (κ2) is 6.06. The van der Waals surface area contributed by atoms with Crippen LogP contribution < -0.4 is 16.7 Å². The maximum absolute atomic E-state index is 11.0. The summed E-state index contributed by atoms with van der Waals surface area (Å²) in [6, 6.07) is 6.39. The van der Waals surface area contributed by atoms with Crippen LogP contribution >= 0.6 is 23.2 Å². The highest BCUT2D eigenvalue weighted by molar-refractivity contribution is 6.45. The van der Waals surface area contributed by atoms with Crippen LogP contribution in [0.1, 0.15) is 0 Å². The smallest absolute Gasteiger partial charge is 0.288 e. The van der Waals surface area contributed by atoms with Gasteiger partial charge in [0.15, 0.2) is 0 Å². The molecule has 8 heteroatoms. The summed E-state index contributed by atoms with van der Waals surface area (Å²) < 4.78 is 0. The molecule has 0 saturated carbocycles. The number of hydrogen-bond donors (Lipinski definition) is 3. The minimum atomic E-state index is -0.817. The Morgan fingerprint density at radius 2 is 2.00 bits per heavy atom. The zero-order valence-corrected chi connectivity index (χ0v) is 9.88. The predicted molar refractivity (Wildman–Crippen MR) is 65.5 cm³/mol. The average Bonchev–Trinajstić information content (AvgIpc) is 2.32. The van der Waals surface area contributed by atoms with Crippen molar-refractivity contribution in [3.63, 3.8) is 0 Å². The topological polar surface area (TPSA) is 103 Å². The van der Waals surface area contributed by atoms with E-state index in [0.717, 1.165) is 0 Å². The summed E-state index contributed by atoms with van der Waals surface area (Å²) in [6.45, 7) is 0. The molecule has 0 bridgehead atoms. The number of carbonyl (C=O) groups excluding carboxylic acids is 1. The van der Waals surface area contributed by atoms with E-state index in [2.05, 4.69) is 10.5 Å². The Kier molecular flexibility index (Phi) is 4.72. The number of hydrazine groups is 1. The number of nitrogens with two attached hydrogens (primary N) is 1. The van der Waals surface area contributed by atoms with Crippen LogP contribution in [-0.2, 0) is 4.79 Å². The fourth-order valence-electron chi connectivity index (χ4n) is 0.911. The third kappa shape index (κ3) is 3.32. The molecule has 1 amide bonds. The van der Waals surface area contributed by atoms with Crippen LogP contribution in [0.25, 0.3) is 0 Å². The Hall–Kier alpha value is -1.81. The monoisotopic (exact) mass is 271 g/mol. The van der Waals surface area contributed by atoms with Gasteiger partial charge in [-0.15, -0.1) is 0 Å². The van der Waals surface area contributed by atoms with Crippen molar-refractivity contribution in [1.82, 2.24) is 5.43 Å². The van der Waals surface area contributed by atoms with E-state index in [-0.39, 0.29) is 0 Å². The van der Waals surface area contributed by atoms with Gasteiger partial charge in [-0.1, -0.05) is 29.3 Å². The largest absolute Gasteiger partial charge is 0.296 e. The first kappa shape index (κ1) is 13.3. The maximum atomic E-state index is 11.0. The van der Waals surface area contributed by atoms with Crippen molar-refractivity contribution < 1.29 is 4.79 Å². The molecule has 0 atom stereocenters. The fourth-order valence-corrected chi connectivity index (χ4v) is 1.39. The minimum absolute atomic E-state index is 0.299. The first-order valence-corrected chi connectivity index (χ1v) is 5.04. The van der Waals surface area contributed by atoms with E-state index in [1.54, 1.807) is 29.7 Å². The van der Waals surface area contributed by atoms with Crippen molar-refractivity contribution in [2.75, 3.05) is 5.43 Å². The van der Waals surface area contributed by atoms with Crippen LogP contribution in [0.15, 0.2) is 23.3 Å². The molecule has 1 rings (SSSR count). The molecule has 1 aromatic rings. The summed E-state index contributed by atoms with van der Waals surface area (Å²) in [5.41, 5.74) is 4.07. The Balaban J connectivity index is 2.96. The van der Waals surface area contributed by atoms with E-state index >= 15 is 0 Å². The van der Waals surface area contributed by atoms with Crippen molar-refractivity contribution in [1.29, 1.82) is 5.26 Å². The molecule has 0 spiro atoms. The summed E-state index contributed by atoms with van der Waals surface area (Å²) in [5, 5.41) is 12.8. The number of halogens is 2. The van der Waals surface area contributed by atoms with Gasteiger partial charge >= 0.3 is 0 Å². The number of nitrogens with zero attached hydrogens (tertiary/aromatic N) is 2. The Labute approximate surface area is 107 Å². The van der Waals surface area contributed by atoms with Gasteiger partial charge in [0.2, 0.25) is 5.71 Å². The van der Waals surface area contributed by atoms with Crippen molar-refractivity contribution >= 4 is 40.5 Å². The van der Waals surface area contributed by atoms with E-state index in [1.165, 1.54) is 0 Å². The highest BCUT2D eigenvalue weighted by Gasteiger charge is 2.10. The van der Waals surface area contributed by atoms with Gasteiger partial charge in [-0.25, -0.2) is 5.84 Å². The fraction of sp³-hybridized carbons (Fsp3) is 0. The number of amides is 1. The van der Waals surface area contributed by atoms with Crippen LogP contribution in [-0.4, -0.2) is 11.6 Å². The first-order valence-electron chi connectivity index (χ1n) is 4.29.